The highest BCUT2D eigenvalue weighted by atomic mass is 16.5. The van der Waals surface area contributed by atoms with E-state index >= 15 is 0 Å². The van der Waals surface area contributed by atoms with Crippen molar-refractivity contribution in [1.82, 2.24) is 0 Å². The summed E-state index contributed by atoms with van der Waals surface area (Å²) < 4.78 is 6.63. The van der Waals surface area contributed by atoms with E-state index in [2.05, 4.69) is 45.9 Å². The summed E-state index contributed by atoms with van der Waals surface area (Å²) in [6.45, 7) is 8.69. The molecule has 5 nitrogen and oxygen atoms in total. The van der Waals surface area contributed by atoms with Gasteiger partial charge in [-0.15, -0.1) is 0 Å². The molecule has 2 unspecified atom stereocenters. The van der Waals surface area contributed by atoms with Crippen molar-refractivity contribution in [2.45, 2.75) is 52.1 Å². The standard InChI is InChI=1S/C30H32O5/c1-17-10-12-29(2,3)13-11-22-19(14-17)25-23(18-8-6-5-7-9-18)24-27(34)20(15-31)26(33)21(16-32)28(24)35-30(22,25)4/h5-11,13,15-16,19,22-23,25,33-34H,12,14H2,1-4H3/b13-11+,17-10+/t19?,22?,23-,25+,30-/m1/s1. The first kappa shape index (κ1) is 23.4. The van der Waals surface area contributed by atoms with Crippen LogP contribution >= 0.6 is 0 Å². The molecule has 2 aromatic rings. The zero-order chi connectivity index (χ0) is 25.1. The number of aldehydes is 2. The molecule has 1 saturated carbocycles. The number of rotatable bonds is 3. The number of ether oxygens (including phenoxy) is 1. The fourth-order valence-electron chi connectivity index (χ4n) is 6.62. The minimum Gasteiger partial charge on any atom is -0.507 e. The Hall–Kier alpha value is -3.34. The summed E-state index contributed by atoms with van der Waals surface area (Å²) in [5.41, 5.74) is 1.70. The highest BCUT2D eigenvalue weighted by Crippen LogP contribution is 2.67. The third-order valence-electron chi connectivity index (χ3n) is 8.43. The monoisotopic (exact) mass is 472 g/mol. The Kier molecular flexibility index (Phi) is 5.42. The molecule has 2 aliphatic carbocycles. The maximum atomic E-state index is 12.1. The molecule has 0 aromatic heterocycles. The Morgan fingerprint density at radius 1 is 1.00 bits per heavy atom. The van der Waals surface area contributed by atoms with E-state index in [0.29, 0.717) is 18.1 Å². The van der Waals surface area contributed by atoms with Gasteiger partial charge in [0.25, 0.3) is 0 Å². The summed E-state index contributed by atoms with van der Waals surface area (Å²) in [4.78, 5) is 24.0. The number of carbonyl (C=O) groups is 2. The molecule has 1 heterocycles. The highest BCUT2D eigenvalue weighted by Gasteiger charge is 2.66. The van der Waals surface area contributed by atoms with Crippen LogP contribution in [-0.4, -0.2) is 28.4 Å². The average Bonchev–Trinajstić information content (AvgIpc) is 2.87. The summed E-state index contributed by atoms with van der Waals surface area (Å²) in [5, 5.41) is 21.9. The van der Waals surface area contributed by atoms with Crippen LogP contribution in [0.4, 0.5) is 0 Å². The number of benzene rings is 2. The maximum Gasteiger partial charge on any atom is 0.157 e. The van der Waals surface area contributed by atoms with Gasteiger partial charge in [0, 0.05) is 23.3 Å². The van der Waals surface area contributed by atoms with Gasteiger partial charge in [-0.25, -0.2) is 0 Å². The maximum absolute atomic E-state index is 12.1. The second-order valence-electron chi connectivity index (χ2n) is 11.2. The topological polar surface area (TPSA) is 83.8 Å². The normalized spacial score (nSPS) is 33.0. The van der Waals surface area contributed by atoms with Gasteiger partial charge in [0.2, 0.25) is 0 Å². The average molecular weight is 473 g/mol. The van der Waals surface area contributed by atoms with Crippen LogP contribution in [0.3, 0.4) is 0 Å². The fraction of sp³-hybridized carbons (Fsp3) is 0.400. The van der Waals surface area contributed by atoms with Crippen molar-refractivity contribution in [1.29, 1.82) is 0 Å². The molecule has 5 heteroatoms. The van der Waals surface area contributed by atoms with E-state index in [9.17, 15) is 19.8 Å². The number of aromatic hydroxyl groups is 2. The molecule has 182 valence electrons. The molecular formula is C30H32O5. The van der Waals surface area contributed by atoms with Crippen LogP contribution in [0.25, 0.3) is 0 Å². The van der Waals surface area contributed by atoms with Gasteiger partial charge in [-0.05, 0) is 43.6 Å². The van der Waals surface area contributed by atoms with Crippen LogP contribution in [0.2, 0.25) is 0 Å². The lowest BCUT2D eigenvalue weighted by Gasteiger charge is -2.64. The molecule has 2 aromatic carbocycles. The summed E-state index contributed by atoms with van der Waals surface area (Å²) in [5.74, 6) is -0.670. The molecule has 0 amide bonds. The number of phenolic OH excluding ortho intramolecular Hbond substituents is 2. The number of phenols is 2. The molecule has 5 rings (SSSR count). The number of carbonyl (C=O) groups excluding carboxylic acids is 2. The van der Waals surface area contributed by atoms with Gasteiger partial charge in [-0.2, -0.15) is 0 Å². The van der Waals surface area contributed by atoms with Crippen molar-refractivity contribution < 1.29 is 24.5 Å². The molecule has 2 N–H and O–H groups in total. The Bertz CT molecular complexity index is 1260. The third-order valence-corrected chi connectivity index (χ3v) is 8.43. The van der Waals surface area contributed by atoms with Crippen LogP contribution in [0.15, 0.2) is 54.1 Å². The van der Waals surface area contributed by atoms with Gasteiger partial charge in [0.05, 0.1) is 11.1 Å². The lowest BCUT2D eigenvalue weighted by molar-refractivity contribution is -0.164. The number of hydrogen-bond donors (Lipinski definition) is 2. The zero-order valence-corrected chi connectivity index (χ0v) is 20.6. The van der Waals surface area contributed by atoms with Crippen molar-refractivity contribution in [3.8, 4) is 17.2 Å². The van der Waals surface area contributed by atoms with Crippen molar-refractivity contribution in [3.05, 3.63) is 76.4 Å². The van der Waals surface area contributed by atoms with Crippen LogP contribution in [0.5, 0.6) is 17.2 Å². The first-order valence-electron chi connectivity index (χ1n) is 12.2. The van der Waals surface area contributed by atoms with E-state index in [1.165, 1.54) is 5.57 Å². The van der Waals surface area contributed by atoms with Crippen LogP contribution in [0.1, 0.15) is 78.3 Å². The lowest BCUT2D eigenvalue weighted by atomic mass is 9.46. The largest absolute Gasteiger partial charge is 0.507 e. The molecule has 5 atom stereocenters. The van der Waals surface area contributed by atoms with Gasteiger partial charge in [0.1, 0.15) is 22.8 Å². The van der Waals surface area contributed by atoms with E-state index in [-0.39, 0.29) is 51.7 Å². The van der Waals surface area contributed by atoms with Crippen molar-refractivity contribution in [2.75, 3.05) is 0 Å². The first-order valence-corrected chi connectivity index (χ1v) is 12.2. The van der Waals surface area contributed by atoms with Crippen LogP contribution in [0, 0.1) is 23.2 Å². The first-order chi connectivity index (χ1) is 16.6. The number of allylic oxidation sites excluding steroid dienone is 3. The molecule has 1 fully saturated rings. The van der Waals surface area contributed by atoms with E-state index in [4.69, 9.17) is 4.74 Å². The van der Waals surface area contributed by atoms with E-state index in [1.807, 2.05) is 30.3 Å². The van der Waals surface area contributed by atoms with E-state index in [0.717, 1.165) is 18.4 Å². The van der Waals surface area contributed by atoms with Crippen LogP contribution < -0.4 is 4.74 Å². The summed E-state index contributed by atoms with van der Waals surface area (Å²) >= 11 is 0. The molecule has 35 heavy (non-hydrogen) atoms. The van der Waals surface area contributed by atoms with Gasteiger partial charge >= 0.3 is 0 Å². The molecular weight excluding hydrogens is 440 g/mol. The zero-order valence-electron chi connectivity index (χ0n) is 20.6. The van der Waals surface area contributed by atoms with Crippen molar-refractivity contribution >= 4 is 12.6 Å². The van der Waals surface area contributed by atoms with Crippen LogP contribution in [-0.2, 0) is 0 Å². The predicted molar refractivity (Wildman–Crippen MR) is 134 cm³/mol. The smallest absolute Gasteiger partial charge is 0.157 e. The van der Waals surface area contributed by atoms with E-state index < -0.39 is 11.4 Å². The molecule has 0 spiro atoms. The highest BCUT2D eigenvalue weighted by molar-refractivity contribution is 5.95. The molecule has 0 bridgehead atoms. The SMILES string of the molecule is C/C1=C\CC(C)(C)/C=C/C2C(C1)[C@H]1[C@H](c3ccccc3)c3c(O)c(C=O)c(O)c(C=O)c3O[C@]21C. The minimum absolute atomic E-state index is 0.00631. The van der Waals surface area contributed by atoms with Crippen molar-refractivity contribution in [2.24, 2.45) is 23.2 Å². The van der Waals surface area contributed by atoms with Gasteiger partial charge in [-0.3, -0.25) is 9.59 Å². The van der Waals surface area contributed by atoms with Gasteiger partial charge < -0.3 is 14.9 Å². The Morgan fingerprint density at radius 3 is 2.34 bits per heavy atom. The number of fused-ring (bicyclic) bond motifs is 5. The molecule has 3 aliphatic rings. The number of hydrogen-bond acceptors (Lipinski definition) is 5. The van der Waals surface area contributed by atoms with Crippen molar-refractivity contribution in [3.63, 3.8) is 0 Å². The quantitative estimate of drug-likeness (QED) is 0.411. The predicted octanol–water partition coefficient (Wildman–Crippen LogP) is 6.19. The second-order valence-corrected chi connectivity index (χ2v) is 11.2. The summed E-state index contributed by atoms with van der Waals surface area (Å²) in [6, 6.07) is 9.87. The molecule has 1 aliphatic heterocycles. The third kappa shape index (κ3) is 3.43. The van der Waals surface area contributed by atoms with Gasteiger partial charge in [-0.1, -0.05) is 68.0 Å². The summed E-state index contributed by atoms with van der Waals surface area (Å²) in [6.07, 6.45) is 9.61. The second kappa shape index (κ2) is 8.11. The Labute approximate surface area is 206 Å². The molecule has 0 radical (unpaired) electrons. The molecule has 0 saturated heterocycles. The minimum atomic E-state index is -0.658. The van der Waals surface area contributed by atoms with Gasteiger partial charge in [0.15, 0.2) is 12.6 Å². The Balaban J connectivity index is 1.79. The van der Waals surface area contributed by atoms with E-state index in [1.54, 1.807) is 0 Å². The summed E-state index contributed by atoms with van der Waals surface area (Å²) in [7, 11) is 0. The fourth-order valence-corrected chi connectivity index (χ4v) is 6.62. The lowest BCUT2D eigenvalue weighted by Crippen LogP contribution is -2.67. The Morgan fingerprint density at radius 2 is 1.69 bits per heavy atom.